The first-order valence-electron chi connectivity index (χ1n) is 10.1. The van der Waals surface area contributed by atoms with E-state index in [-0.39, 0.29) is 5.91 Å². The fourth-order valence-corrected chi connectivity index (χ4v) is 4.38. The smallest absolute Gasteiger partial charge is 0.250 e. The summed E-state index contributed by atoms with van der Waals surface area (Å²) in [6.45, 7) is 10.4. The van der Waals surface area contributed by atoms with Crippen LogP contribution in [0.5, 0.6) is 0 Å². The van der Waals surface area contributed by atoms with E-state index >= 15 is 0 Å². The summed E-state index contributed by atoms with van der Waals surface area (Å²) < 4.78 is 2.20. The van der Waals surface area contributed by atoms with Gasteiger partial charge in [0.25, 0.3) is 0 Å². The molecule has 1 N–H and O–H groups in total. The third-order valence-electron chi connectivity index (χ3n) is 4.94. The lowest BCUT2D eigenvalue weighted by molar-refractivity contribution is -0.118. The Morgan fingerprint density at radius 1 is 0.967 bits per heavy atom. The van der Waals surface area contributed by atoms with Crippen molar-refractivity contribution in [3.05, 3.63) is 87.7 Å². The van der Waals surface area contributed by atoms with Gasteiger partial charge in [-0.2, -0.15) is 5.10 Å². The molecule has 4 nitrogen and oxygen atoms in total. The number of rotatable bonds is 7. The topological polar surface area (TPSA) is 46.4 Å². The van der Waals surface area contributed by atoms with Gasteiger partial charge in [-0.25, -0.2) is 5.43 Å². The van der Waals surface area contributed by atoms with Crippen molar-refractivity contribution in [1.82, 2.24) is 9.99 Å². The van der Waals surface area contributed by atoms with Crippen LogP contribution in [0.15, 0.2) is 53.6 Å². The van der Waals surface area contributed by atoms with Crippen LogP contribution in [0.3, 0.4) is 0 Å². The van der Waals surface area contributed by atoms with Crippen LogP contribution in [0.4, 0.5) is 0 Å². The molecule has 156 valence electrons. The highest BCUT2D eigenvalue weighted by Crippen LogP contribution is 2.20. The standard InChI is InChI=1S/C25H29N3OS/c1-17-6-8-24(9-7-17)28-20(4)13-23(21(28)5)14-26-27-25(29)16-30-15-22-11-18(2)10-19(3)12-22/h6-14H,15-16H2,1-5H3,(H,27,29)/b26-14-. The van der Waals surface area contributed by atoms with Crippen molar-refractivity contribution < 1.29 is 4.79 Å². The van der Waals surface area contributed by atoms with Gasteiger partial charge < -0.3 is 4.57 Å². The number of hydrogen-bond donors (Lipinski definition) is 1. The molecule has 3 aromatic rings. The zero-order valence-electron chi connectivity index (χ0n) is 18.3. The molecule has 0 atom stereocenters. The van der Waals surface area contributed by atoms with Gasteiger partial charge in [-0.15, -0.1) is 11.8 Å². The molecule has 0 aliphatic carbocycles. The number of aryl methyl sites for hydroxylation is 4. The van der Waals surface area contributed by atoms with Crippen molar-refractivity contribution in [3.8, 4) is 5.69 Å². The molecule has 1 heterocycles. The zero-order chi connectivity index (χ0) is 21.7. The number of hydrogen-bond acceptors (Lipinski definition) is 3. The second-order valence-corrected chi connectivity index (χ2v) is 8.76. The Morgan fingerprint density at radius 2 is 1.63 bits per heavy atom. The molecular weight excluding hydrogens is 390 g/mol. The van der Waals surface area contributed by atoms with Crippen LogP contribution in [-0.2, 0) is 10.5 Å². The molecular formula is C25H29N3OS. The van der Waals surface area contributed by atoms with E-state index in [9.17, 15) is 4.79 Å². The van der Waals surface area contributed by atoms with Gasteiger partial charge in [0.05, 0.1) is 12.0 Å². The minimum atomic E-state index is -0.0898. The van der Waals surface area contributed by atoms with Gasteiger partial charge in [-0.05, 0) is 58.4 Å². The van der Waals surface area contributed by atoms with E-state index in [4.69, 9.17) is 0 Å². The number of nitrogens with one attached hydrogen (secondary N) is 1. The van der Waals surface area contributed by atoms with Gasteiger partial charge in [0.2, 0.25) is 5.91 Å². The van der Waals surface area contributed by atoms with Crippen molar-refractivity contribution in [1.29, 1.82) is 0 Å². The highest BCUT2D eigenvalue weighted by Gasteiger charge is 2.09. The summed E-state index contributed by atoms with van der Waals surface area (Å²) in [7, 11) is 0. The zero-order valence-corrected chi connectivity index (χ0v) is 19.1. The first-order valence-corrected chi connectivity index (χ1v) is 11.2. The lowest BCUT2D eigenvalue weighted by Crippen LogP contribution is -2.19. The maximum atomic E-state index is 12.1. The van der Waals surface area contributed by atoms with Crippen LogP contribution in [-0.4, -0.2) is 22.4 Å². The molecule has 1 aromatic heterocycles. The van der Waals surface area contributed by atoms with E-state index < -0.39 is 0 Å². The van der Waals surface area contributed by atoms with E-state index in [1.54, 1.807) is 18.0 Å². The largest absolute Gasteiger partial charge is 0.318 e. The van der Waals surface area contributed by atoms with Crippen molar-refractivity contribution >= 4 is 23.9 Å². The maximum Gasteiger partial charge on any atom is 0.250 e. The molecule has 0 radical (unpaired) electrons. The molecule has 0 saturated carbocycles. The number of thioether (sulfide) groups is 1. The molecule has 0 saturated heterocycles. The SMILES string of the molecule is Cc1ccc(-n2c(C)cc(/C=N\NC(=O)CSCc3cc(C)cc(C)c3)c2C)cc1. The Balaban J connectivity index is 1.55. The molecule has 30 heavy (non-hydrogen) atoms. The van der Waals surface area contributed by atoms with E-state index in [0.29, 0.717) is 5.75 Å². The summed E-state index contributed by atoms with van der Waals surface area (Å²) in [6, 6.07) is 17.0. The highest BCUT2D eigenvalue weighted by molar-refractivity contribution is 7.99. The highest BCUT2D eigenvalue weighted by atomic mass is 32.2. The molecule has 0 bridgehead atoms. The number of carbonyl (C=O) groups excluding carboxylic acids is 1. The molecule has 2 aromatic carbocycles. The minimum absolute atomic E-state index is 0.0898. The second kappa shape index (κ2) is 9.81. The average Bonchev–Trinajstić information content (AvgIpc) is 2.95. The molecule has 5 heteroatoms. The predicted molar refractivity (Wildman–Crippen MR) is 128 cm³/mol. The third-order valence-corrected chi connectivity index (χ3v) is 5.94. The Kier molecular flexibility index (Phi) is 7.16. The summed E-state index contributed by atoms with van der Waals surface area (Å²) in [5, 5.41) is 4.17. The first-order chi connectivity index (χ1) is 14.3. The van der Waals surface area contributed by atoms with Crippen molar-refractivity contribution in [2.75, 3.05) is 5.75 Å². The first kappa shape index (κ1) is 21.9. The average molecular weight is 420 g/mol. The third kappa shape index (κ3) is 5.63. The molecule has 0 fully saturated rings. The van der Waals surface area contributed by atoms with Crippen LogP contribution in [0, 0.1) is 34.6 Å². The number of hydrazone groups is 1. The molecule has 0 aliphatic rings. The van der Waals surface area contributed by atoms with Crippen molar-refractivity contribution in [3.63, 3.8) is 0 Å². The van der Waals surface area contributed by atoms with Gasteiger partial charge in [0, 0.05) is 28.4 Å². The van der Waals surface area contributed by atoms with Crippen LogP contribution >= 0.6 is 11.8 Å². The van der Waals surface area contributed by atoms with Gasteiger partial charge in [-0.1, -0.05) is 47.0 Å². The number of benzene rings is 2. The lowest BCUT2D eigenvalue weighted by Gasteiger charge is -2.09. The Morgan fingerprint density at radius 3 is 2.30 bits per heavy atom. The van der Waals surface area contributed by atoms with E-state index in [1.165, 1.54) is 22.3 Å². The fraction of sp³-hybridized carbons (Fsp3) is 0.280. The van der Waals surface area contributed by atoms with Crippen molar-refractivity contribution in [2.24, 2.45) is 5.10 Å². The minimum Gasteiger partial charge on any atom is -0.318 e. The number of carbonyl (C=O) groups is 1. The molecule has 0 aliphatic heterocycles. The normalized spacial score (nSPS) is 11.2. The molecule has 1 amide bonds. The number of nitrogens with zero attached hydrogens (tertiary/aromatic N) is 2. The molecule has 0 unspecified atom stereocenters. The van der Waals surface area contributed by atoms with Crippen LogP contribution < -0.4 is 5.43 Å². The predicted octanol–water partition coefficient (Wildman–Crippen LogP) is 5.40. The van der Waals surface area contributed by atoms with Gasteiger partial charge in [0.15, 0.2) is 0 Å². The monoisotopic (exact) mass is 419 g/mol. The summed E-state index contributed by atoms with van der Waals surface area (Å²) in [4.78, 5) is 12.1. The second-order valence-electron chi connectivity index (χ2n) is 7.78. The van der Waals surface area contributed by atoms with Gasteiger partial charge >= 0.3 is 0 Å². The quantitative estimate of drug-likeness (QED) is 0.411. The maximum absolute atomic E-state index is 12.1. The van der Waals surface area contributed by atoms with Gasteiger partial charge in [-0.3, -0.25) is 4.79 Å². The number of aromatic nitrogens is 1. The fourth-order valence-electron chi connectivity index (χ4n) is 3.63. The molecule has 0 spiro atoms. The Labute approximate surface area is 183 Å². The van der Waals surface area contributed by atoms with E-state index in [2.05, 4.69) is 98.2 Å². The van der Waals surface area contributed by atoms with Crippen molar-refractivity contribution in [2.45, 2.75) is 40.4 Å². The Bertz CT molecular complexity index is 1040. The van der Waals surface area contributed by atoms with Crippen LogP contribution in [0.25, 0.3) is 5.69 Å². The van der Waals surface area contributed by atoms with E-state index in [0.717, 1.165) is 28.4 Å². The summed E-state index contributed by atoms with van der Waals surface area (Å²) in [6.07, 6.45) is 1.72. The summed E-state index contributed by atoms with van der Waals surface area (Å²) >= 11 is 1.60. The number of amides is 1. The summed E-state index contributed by atoms with van der Waals surface area (Å²) in [5.41, 5.74) is 12.0. The van der Waals surface area contributed by atoms with E-state index in [1.807, 2.05) is 0 Å². The van der Waals surface area contributed by atoms with Crippen LogP contribution in [0.2, 0.25) is 0 Å². The summed E-state index contributed by atoms with van der Waals surface area (Å²) in [5.74, 6) is 1.11. The van der Waals surface area contributed by atoms with Gasteiger partial charge in [0.1, 0.15) is 0 Å². The van der Waals surface area contributed by atoms with Crippen LogP contribution in [0.1, 0.15) is 39.2 Å². The molecule has 3 rings (SSSR count). The Hall–Kier alpha value is -2.79. The lowest BCUT2D eigenvalue weighted by atomic mass is 10.1.